The molecule has 2 rings (SSSR count). The molecule has 10 heteroatoms. The van der Waals surface area contributed by atoms with E-state index in [0.717, 1.165) is 11.1 Å². The molecule has 140 valence electrons. The topological polar surface area (TPSA) is 147 Å². The van der Waals surface area contributed by atoms with Crippen LogP contribution in [0.15, 0.2) is 63.6 Å². The fourth-order valence-electron chi connectivity index (χ4n) is 1.66. The van der Waals surface area contributed by atoms with Crippen LogP contribution in [0, 0.1) is 6.92 Å². The molecule has 26 heavy (non-hydrogen) atoms. The Hall–Kier alpha value is -2.95. The van der Waals surface area contributed by atoms with Crippen molar-refractivity contribution in [3.63, 3.8) is 0 Å². The minimum absolute atomic E-state index is 0.0666. The van der Waals surface area contributed by atoms with Gasteiger partial charge in [0.05, 0.1) is 18.2 Å². The van der Waals surface area contributed by atoms with E-state index in [2.05, 4.69) is 10.2 Å². The molecule has 0 saturated heterocycles. The molecule has 0 unspecified atom stereocenters. The summed E-state index contributed by atoms with van der Waals surface area (Å²) in [6.45, 7) is 1.84. The zero-order chi connectivity index (χ0) is 19.6. The van der Waals surface area contributed by atoms with Gasteiger partial charge in [0, 0.05) is 5.56 Å². The van der Waals surface area contributed by atoms with Crippen molar-refractivity contribution in [3.05, 3.63) is 59.7 Å². The van der Waals surface area contributed by atoms with E-state index < -0.39 is 10.1 Å². The number of aryl methyl sites for hydroxylation is 1. The highest BCUT2D eigenvalue weighted by molar-refractivity contribution is 7.85. The first-order chi connectivity index (χ1) is 12.3. The van der Waals surface area contributed by atoms with Gasteiger partial charge in [-0.3, -0.25) is 9.76 Å². The van der Waals surface area contributed by atoms with Gasteiger partial charge in [0.25, 0.3) is 10.1 Å². The number of para-hydroxylation sites is 1. The lowest BCUT2D eigenvalue weighted by atomic mass is 10.2. The Morgan fingerprint density at radius 1 is 1.19 bits per heavy atom. The highest BCUT2D eigenvalue weighted by Crippen LogP contribution is 2.14. The van der Waals surface area contributed by atoms with Gasteiger partial charge in [-0.25, -0.2) is 5.48 Å². The van der Waals surface area contributed by atoms with Gasteiger partial charge >= 0.3 is 0 Å². The van der Waals surface area contributed by atoms with Crippen molar-refractivity contribution in [1.82, 2.24) is 5.48 Å². The van der Waals surface area contributed by atoms with E-state index in [4.69, 9.17) is 20.2 Å². The number of hydrogen-bond acceptors (Lipinski definition) is 6. The van der Waals surface area contributed by atoms with Gasteiger partial charge < -0.3 is 10.5 Å². The number of ether oxygens (including phenoxy) is 1. The molecule has 5 N–H and O–H groups in total. The maximum absolute atomic E-state index is 10.5. The Kier molecular flexibility index (Phi) is 8.22. The van der Waals surface area contributed by atoms with Crippen molar-refractivity contribution >= 4 is 22.3 Å². The van der Waals surface area contributed by atoms with Crippen LogP contribution in [0.5, 0.6) is 5.75 Å². The highest BCUT2D eigenvalue weighted by Gasteiger charge is 2.06. The van der Waals surface area contributed by atoms with Gasteiger partial charge in [-0.05, 0) is 31.2 Å². The quantitative estimate of drug-likeness (QED) is 0.272. The fraction of sp³-hybridized carbons (Fsp3) is 0.125. The summed E-state index contributed by atoms with van der Waals surface area (Å²) in [5.41, 5.74) is 8.54. The zero-order valence-electron chi connectivity index (χ0n) is 14.2. The van der Waals surface area contributed by atoms with Gasteiger partial charge in [0.15, 0.2) is 0 Å². The van der Waals surface area contributed by atoms with E-state index in [1.165, 1.54) is 18.3 Å². The molecule has 2 aromatic carbocycles. The number of benzene rings is 2. The predicted octanol–water partition coefficient (Wildman–Crippen LogP) is 1.56. The van der Waals surface area contributed by atoms with Crippen LogP contribution in [-0.4, -0.2) is 37.5 Å². The molecule has 0 aliphatic rings. The smallest absolute Gasteiger partial charge is 0.294 e. The monoisotopic (exact) mass is 380 g/mol. The van der Waals surface area contributed by atoms with Gasteiger partial charge in [-0.15, -0.1) is 5.10 Å². The average Bonchev–Trinajstić information content (AvgIpc) is 2.62. The second kappa shape index (κ2) is 10.1. The molecular weight excluding hydrogens is 360 g/mol. The van der Waals surface area contributed by atoms with E-state index in [1.54, 1.807) is 30.8 Å². The summed E-state index contributed by atoms with van der Waals surface area (Å²) in [5.74, 6) is 0.508. The van der Waals surface area contributed by atoms with Crippen LogP contribution in [0.4, 0.5) is 0 Å². The molecule has 0 aromatic heterocycles. The third-order valence-corrected chi connectivity index (χ3v) is 3.80. The first-order valence-electron chi connectivity index (χ1n) is 7.21. The zero-order valence-corrected chi connectivity index (χ0v) is 15.0. The molecule has 0 bridgehead atoms. The van der Waals surface area contributed by atoms with Crippen molar-refractivity contribution in [2.45, 2.75) is 11.8 Å². The molecule has 0 fully saturated rings. The fourth-order valence-corrected chi connectivity index (χ4v) is 2.14. The van der Waals surface area contributed by atoms with E-state index >= 15 is 0 Å². The summed E-state index contributed by atoms with van der Waals surface area (Å²) in [5, 5.41) is 15.4. The van der Waals surface area contributed by atoms with Crippen LogP contribution in [0.1, 0.15) is 11.1 Å². The highest BCUT2D eigenvalue weighted by atomic mass is 32.2. The van der Waals surface area contributed by atoms with Gasteiger partial charge in [0.1, 0.15) is 5.75 Å². The van der Waals surface area contributed by atoms with Gasteiger partial charge in [0.2, 0.25) is 5.96 Å². The van der Waals surface area contributed by atoms with Gasteiger partial charge in [-0.1, -0.05) is 29.8 Å². The van der Waals surface area contributed by atoms with Crippen LogP contribution in [0.25, 0.3) is 0 Å². The van der Waals surface area contributed by atoms with E-state index in [9.17, 15) is 8.42 Å². The number of nitrogens with one attached hydrogen (secondary N) is 1. The predicted molar refractivity (Wildman–Crippen MR) is 98.1 cm³/mol. The Bertz CT molecular complexity index is 864. The third kappa shape index (κ3) is 7.30. The molecule has 0 aliphatic carbocycles. The molecule has 0 heterocycles. The maximum Gasteiger partial charge on any atom is 0.294 e. The number of nitrogens with two attached hydrogens (primary N) is 1. The number of methoxy groups -OCH3 is 1. The standard InChI is InChI=1S/C9H12N4O2.C7H8O3S/c1-15-8-5-3-2-4-7(8)6-11-12-9(10)13-14;1-6-2-4-7(5-3-6)11(8,9)10/h2-6,14H,1H3,(H3,10,12,13);2-5H,1H3,(H,8,9,10)/b11-6+;. The Labute approximate surface area is 151 Å². The molecule has 0 amide bonds. The van der Waals surface area contributed by atoms with Crippen LogP contribution in [0.2, 0.25) is 0 Å². The second-order valence-electron chi connectivity index (χ2n) is 4.87. The van der Waals surface area contributed by atoms with Crippen LogP contribution >= 0.6 is 0 Å². The van der Waals surface area contributed by atoms with Crippen LogP contribution in [0.3, 0.4) is 0 Å². The molecule has 0 aliphatic heterocycles. The molecular formula is C16H20N4O5S. The van der Waals surface area contributed by atoms with Crippen molar-refractivity contribution in [1.29, 1.82) is 0 Å². The van der Waals surface area contributed by atoms with E-state index in [0.29, 0.717) is 5.75 Å². The molecule has 0 saturated carbocycles. The molecule has 2 aromatic rings. The number of rotatable bonds is 4. The SMILES string of the molecule is COc1ccccc1/C=N/N=C(N)NO.Cc1ccc(S(=O)(=O)O)cc1. The van der Waals surface area contributed by atoms with Crippen LogP contribution < -0.4 is 16.0 Å². The maximum atomic E-state index is 10.5. The Morgan fingerprint density at radius 2 is 1.81 bits per heavy atom. The van der Waals surface area contributed by atoms with Crippen molar-refractivity contribution in [2.24, 2.45) is 15.9 Å². The normalized spacial score (nSPS) is 11.6. The third-order valence-electron chi connectivity index (χ3n) is 2.93. The first-order valence-corrected chi connectivity index (χ1v) is 8.65. The summed E-state index contributed by atoms with van der Waals surface area (Å²) in [6, 6.07) is 13.3. The Morgan fingerprint density at radius 3 is 2.35 bits per heavy atom. The van der Waals surface area contributed by atoms with E-state index in [-0.39, 0.29) is 10.9 Å². The molecule has 0 atom stereocenters. The van der Waals surface area contributed by atoms with Gasteiger partial charge in [-0.2, -0.15) is 13.5 Å². The summed E-state index contributed by atoms with van der Waals surface area (Å²) >= 11 is 0. The molecule has 9 nitrogen and oxygen atoms in total. The largest absolute Gasteiger partial charge is 0.496 e. The van der Waals surface area contributed by atoms with Crippen molar-refractivity contribution < 1.29 is 22.9 Å². The molecule has 0 spiro atoms. The lowest BCUT2D eigenvalue weighted by Crippen LogP contribution is -2.27. The van der Waals surface area contributed by atoms with Crippen LogP contribution in [-0.2, 0) is 10.1 Å². The summed E-state index contributed by atoms with van der Waals surface area (Å²) in [6.07, 6.45) is 1.48. The van der Waals surface area contributed by atoms with E-state index in [1.807, 2.05) is 25.1 Å². The minimum atomic E-state index is -4.02. The number of nitrogens with zero attached hydrogens (tertiary/aromatic N) is 2. The minimum Gasteiger partial charge on any atom is -0.496 e. The molecule has 0 radical (unpaired) electrons. The average molecular weight is 380 g/mol. The summed E-state index contributed by atoms with van der Waals surface area (Å²) in [4.78, 5) is -0.0666. The first kappa shape index (κ1) is 21.1. The second-order valence-corrected chi connectivity index (χ2v) is 6.29. The number of guanidine groups is 1. The van der Waals surface area contributed by atoms with Crippen molar-refractivity contribution in [2.75, 3.05) is 7.11 Å². The number of hydrogen-bond donors (Lipinski definition) is 4. The number of hydroxylamine groups is 1. The summed E-state index contributed by atoms with van der Waals surface area (Å²) < 4.78 is 34.6. The lowest BCUT2D eigenvalue weighted by Gasteiger charge is -2.01. The Balaban J connectivity index is 0.000000273. The van der Waals surface area contributed by atoms with Crippen molar-refractivity contribution in [3.8, 4) is 5.75 Å². The lowest BCUT2D eigenvalue weighted by molar-refractivity contribution is 0.232. The summed E-state index contributed by atoms with van der Waals surface area (Å²) in [7, 11) is -2.45.